The molecule has 4 bridgehead atoms. The maximum atomic E-state index is 13.6. The van der Waals surface area contributed by atoms with Gasteiger partial charge >= 0.3 is 5.97 Å². The molecule has 6 rings (SSSR count). The van der Waals surface area contributed by atoms with Gasteiger partial charge in [-0.3, -0.25) is 10.1 Å². The fourth-order valence-electron chi connectivity index (χ4n) is 10.1. The SMILES string of the molecule is CC(C)C1=C[C@H]2C[C@]3(C=O)[C@@H]4CC[C@@H](C)[C@H]4C[C@@]2(CO[C@@H]2O[C@H](C)CC(CC4CC4)N[C@@H]2O)[C@]13C(=O)O. The fourth-order valence-corrected chi connectivity index (χ4v) is 10.1. The standard InChI is InChI=1S/C30H45NO6/c1-16(2)24-11-20-12-28(14-32)23-8-5-17(3)22(23)13-29(20,30(24,28)27(34)35)15-36-26-25(33)31-21(9-18(4)37-26)10-19-6-7-19/h11,14,16-23,25-26,31,33H,5-10,12-13,15H2,1-4H3,(H,34,35)/t17-,18-,20+,21?,22-,23-,25-,26-,28+,29+,30+/m1/s1. The van der Waals surface area contributed by atoms with Crippen LogP contribution in [0, 0.1) is 51.8 Å². The summed E-state index contributed by atoms with van der Waals surface area (Å²) in [5.41, 5.74) is -1.98. The number of fused-ring (bicyclic) bond motifs is 2. The maximum Gasteiger partial charge on any atom is 0.315 e. The number of nitrogens with one attached hydrogen (secondary N) is 1. The number of ether oxygens (including phenoxy) is 2. The predicted molar refractivity (Wildman–Crippen MR) is 137 cm³/mol. The fraction of sp³-hybridized carbons (Fsp3) is 0.867. The van der Waals surface area contributed by atoms with Crippen molar-refractivity contribution >= 4 is 12.3 Å². The Morgan fingerprint density at radius 1 is 1.24 bits per heavy atom. The Morgan fingerprint density at radius 2 is 2.00 bits per heavy atom. The molecule has 37 heavy (non-hydrogen) atoms. The van der Waals surface area contributed by atoms with E-state index >= 15 is 0 Å². The van der Waals surface area contributed by atoms with Gasteiger partial charge in [0, 0.05) is 11.5 Å². The van der Waals surface area contributed by atoms with Gasteiger partial charge in [0.15, 0.2) is 12.5 Å². The second kappa shape index (κ2) is 8.87. The Morgan fingerprint density at radius 3 is 2.65 bits per heavy atom. The third kappa shape index (κ3) is 3.46. The van der Waals surface area contributed by atoms with Crippen molar-refractivity contribution < 1.29 is 29.3 Å². The van der Waals surface area contributed by atoms with E-state index in [9.17, 15) is 19.8 Å². The summed E-state index contributed by atoms with van der Waals surface area (Å²) in [6.45, 7) is 8.56. The number of rotatable bonds is 8. The predicted octanol–water partition coefficient (Wildman–Crippen LogP) is 4.14. The molecule has 3 N–H and O–H groups in total. The van der Waals surface area contributed by atoms with Gasteiger partial charge in [-0.25, -0.2) is 0 Å². The van der Waals surface area contributed by atoms with Crippen molar-refractivity contribution in [3.63, 3.8) is 0 Å². The minimum atomic E-state index is -1.27. The van der Waals surface area contributed by atoms with Crippen LogP contribution in [0.5, 0.6) is 0 Å². The van der Waals surface area contributed by atoms with Gasteiger partial charge in [0.05, 0.1) is 18.1 Å². The van der Waals surface area contributed by atoms with Gasteiger partial charge in [-0.05, 0) is 74.5 Å². The number of carbonyl (C=O) groups excluding carboxylic acids is 1. The van der Waals surface area contributed by atoms with Crippen LogP contribution in [-0.4, -0.2) is 53.7 Å². The topological polar surface area (TPSA) is 105 Å². The van der Waals surface area contributed by atoms with Crippen LogP contribution in [0.15, 0.2) is 11.6 Å². The first-order valence-corrected chi connectivity index (χ1v) is 14.7. The molecule has 206 valence electrons. The number of aliphatic hydroxyl groups is 1. The molecule has 0 aromatic rings. The molecule has 4 saturated carbocycles. The molecule has 7 nitrogen and oxygen atoms in total. The molecule has 0 aromatic heterocycles. The first-order valence-electron chi connectivity index (χ1n) is 14.7. The van der Waals surface area contributed by atoms with Gasteiger partial charge in [-0.2, -0.15) is 0 Å². The molecular formula is C30H45NO6. The molecule has 5 aliphatic carbocycles. The Hall–Kier alpha value is -1.28. The van der Waals surface area contributed by atoms with E-state index in [0.717, 1.165) is 49.9 Å². The normalized spacial score (nSPS) is 50.6. The van der Waals surface area contributed by atoms with E-state index in [4.69, 9.17) is 9.47 Å². The molecule has 1 aliphatic heterocycles. The summed E-state index contributed by atoms with van der Waals surface area (Å²) < 4.78 is 12.7. The molecule has 11 atom stereocenters. The quantitative estimate of drug-likeness (QED) is 0.330. The highest BCUT2D eigenvalue weighted by Gasteiger charge is 2.84. The van der Waals surface area contributed by atoms with Crippen molar-refractivity contribution in [3.05, 3.63) is 11.6 Å². The number of hydrogen-bond acceptors (Lipinski definition) is 6. The number of carboxylic acid groups (broad SMARTS) is 1. The van der Waals surface area contributed by atoms with E-state index in [1.807, 2.05) is 6.92 Å². The van der Waals surface area contributed by atoms with Crippen LogP contribution in [-0.2, 0) is 19.1 Å². The summed E-state index contributed by atoms with van der Waals surface area (Å²) in [6.07, 6.45) is 8.97. The van der Waals surface area contributed by atoms with Crippen LogP contribution in [0.1, 0.15) is 79.1 Å². The molecule has 1 heterocycles. The van der Waals surface area contributed by atoms with Gasteiger partial charge in [0.1, 0.15) is 11.7 Å². The van der Waals surface area contributed by atoms with Gasteiger partial charge in [-0.15, -0.1) is 0 Å². The molecule has 7 heteroatoms. The molecule has 0 spiro atoms. The van der Waals surface area contributed by atoms with Gasteiger partial charge in [-0.1, -0.05) is 51.7 Å². The Labute approximate surface area is 220 Å². The Kier molecular flexibility index (Phi) is 6.22. The number of aldehydes is 1. The molecule has 5 fully saturated rings. The number of allylic oxidation sites excluding steroid dienone is 1. The van der Waals surface area contributed by atoms with Crippen LogP contribution < -0.4 is 5.32 Å². The highest BCUT2D eigenvalue weighted by Crippen LogP contribution is 2.82. The lowest BCUT2D eigenvalue weighted by Gasteiger charge is -2.58. The summed E-state index contributed by atoms with van der Waals surface area (Å²) in [7, 11) is 0. The zero-order valence-corrected chi connectivity index (χ0v) is 22.8. The van der Waals surface area contributed by atoms with Gasteiger partial charge < -0.3 is 24.5 Å². The minimum Gasteiger partial charge on any atom is -0.481 e. The van der Waals surface area contributed by atoms with E-state index < -0.39 is 34.7 Å². The molecule has 0 radical (unpaired) electrons. The zero-order valence-electron chi connectivity index (χ0n) is 22.8. The van der Waals surface area contributed by atoms with Crippen molar-refractivity contribution in [2.75, 3.05) is 6.61 Å². The van der Waals surface area contributed by atoms with Crippen molar-refractivity contribution in [1.29, 1.82) is 0 Å². The van der Waals surface area contributed by atoms with Gasteiger partial charge in [0.25, 0.3) is 0 Å². The van der Waals surface area contributed by atoms with Crippen molar-refractivity contribution in [2.24, 2.45) is 51.8 Å². The number of carboxylic acids is 1. The monoisotopic (exact) mass is 515 g/mol. The van der Waals surface area contributed by atoms with E-state index in [1.54, 1.807) is 0 Å². The van der Waals surface area contributed by atoms with Crippen molar-refractivity contribution in [2.45, 2.75) is 104 Å². The molecule has 1 saturated heterocycles. The lowest BCUT2D eigenvalue weighted by molar-refractivity contribution is -0.240. The van der Waals surface area contributed by atoms with Crippen LogP contribution in [0.3, 0.4) is 0 Å². The minimum absolute atomic E-state index is 0.0278. The largest absolute Gasteiger partial charge is 0.481 e. The van der Waals surface area contributed by atoms with Crippen molar-refractivity contribution in [3.8, 4) is 0 Å². The van der Waals surface area contributed by atoms with Crippen LogP contribution in [0.25, 0.3) is 0 Å². The first-order chi connectivity index (χ1) is 17.6. The van der Waals surface area contributed by atoms with E-state index in [1.165, 1.54) is 12.8 Å². The van der Waals surface area contributed by atoms with Crippen LogP contribution in [0.2, 0.25) is 0 Å². The maximum absolute atomic E-state index is 13.6. The van der Waals surface area contributed by atoms with E-state index in [2.05, 4.69) is 32.2 Å². The Bertz CT molecular complexity index is 977. The summed E-state index contributed by atoms with van der Waals surface area (Å²) >= 11 is 0. The molecule has 0 aromatic carbocycles. The van der Waals surface area contributed by atoms with E-state index in [-0.39, 0.29) is 36.5 Å². The smallest absolute Gasteiger partial charge is 0.315 e. The number of hydrogen-bond donors (Lipinski definition) is 3. The van der Waals surface area contributed by atoms with Crippen LogP contribution >= 0.6 is 0 Å². The second-order valence-corrected chi connectivity index (χ2v) is 13.8. The molecule has 6 aliphatic rings. The first kappa shape index (κ1) is 26.0. The average molecular weight is 516 g/mol. The van der Waals surface area contributed by atoms with E-state index in [0.29, 0.717) is 18.3 Å². The van der Waals surface area contributed by atoms with Crippen LogP contribution in [0.4, 0.5) is 0 Å². The summed E-state index contributed by atoms with van der Waals surface area (Å²) in [6, 6.07) is 0.184. The zero-order chi connectivity index (χ0) is 26.3. The lowest BCUT2D eigenvalue weighted by atomic mass is 9.43. The number of carbonyl (C=O) groups is 2. The second-order valence-electron chi connectivity index (χ2n) is 13.8. The molecule has 0 amide bonds. The third-order valence-corrected chi connectivity index (χ3v) is 11.6. The lowest BCUT2D eigenvalue weighted by Crippen LogP contribution is -2.64. The number of aliphatic hydroxyl groups excluding tert-OH is 1. The van der Waals surface area contributed by atoms with Crippen molar-refractivity contribution in [1.82, 2.24) is 5.32 Å². The molecular weight excluding hydrogens is 470 g/mol. The highest BCUT2D eigenvalue weighted by molar-refractivity contribution is 5.90. The summed E-state index contributed by atoms with van der Waals surface area (Å²) in [4.78, 5) is 26.7. The Balaban J connectivity index is 1.35. The third-order valence-electron chi connectivity index (χ3n) is 11.6. The molecule has 1 unspecified atom stereocenters. The van der Waals surface area contributed by atoms with Gasteiger partial charge in [0.2, 0.25) is 0 Å². The number of aliphatic carboxylic acids is 1. The summed E-state index contributed by atoms with van der Waals surface area (Å²) in [5.74, 6) is 0.727. The average Bonchev–Trinajstić information content (AvgIpc) is 3.51. The summed E-state index contributed by atoms with van der Waals surface area (Å²) in [5, 5.41) is 25.5. The highest BCUT2D eigenvalue weighted by atomic mass is 16.7.